The van der Waals surface area contributed by atoms with Crippen LogP contribution in [-0.2, 0) is 0 Å². The number of nitrogens with one attached hydrogen (secondary N) is 1. The smallest absolute Gasteiger partial charge is 0.0646 e. The molecular formula is C8H8ClN. The fourth-order valence-electron chi connectivity index (χ4n) is 0.716. The standard InChI is InChI=1S/C8H8ClN/c9-6-8(10)7-4-2-1-3-5-7/h1-5,10H,6H2. The van der Waals surface area contributed by atoms with Gasteiger partial charge in [0.05, 0.1) is 11.6 Å². The van der Waals surface area contributed by atoms with Crippen molar-refractivity contribution in [1.29, 1.82) is 5.41 Å². The third-order valence-electron chi connectivity index (χ3n) is 1.26. The number of hydrogen-bond donors (Lipinski definition) is 1. The van der Waals surface area contributed by atoms with Crippen LogP contribution in [0.1, 0.15) is 5.56 Å². The van der Waals surface area contributed by atoms with Gasteiger partial charge in [-0.3, -0.25) is 0 Å². The van der Waals surface area contributed by atoms with Crippen molar-refractivity contribution >= 4 is 17.3 Å². The van der Waals surface area contributed by atoms with Gasteiger partial charge in [-0.15, -0.1) is 11.6 Å². The zero-order valence-electron chi connectivity index (χ0n) is 5.47. The molecule has 1 rings (SSSR count). The Labute approximate surface area is 65.1 Å². The Hall–Kier alpha value is -0.820. The van der Waals surface area contributed by atoms with Crippen LogP contribution in [0.5, 0.6) is 0 Å². The van der Waals surface area contributed by atoms with Gasteiger partial charge < -0.3 is 5.41 Å². The second kappa shape index (κ2) is 3.37. The lowest BCUT2D eigenvalue weighted by molar-refractivity contribution is 1.46. The molecule has 1 nitrogen and oxygen atoms in total. The third-order valence-corrected chi connectivity index (χ3v) is 1.52. The summed E-state index contributed by atoms with van der Waals surface area (Å²) in [7, 11) is 0. The van der Waals surface area contributed by atoms with E-state index in [1.165, 1.54) is 0 Å². The first-order valence-electron chi connectivity index (χ1n) is 3.03. The molecule has 0 aromatic heterocycles. The normalized spacial score (nSPS) is 9.30. The summed E-state index contributed by atoms with van der Waals surface area (Å²) in [6.45, 7) is 0. The van der Waals surface area contributed by atoms with Crippen LogP contribution < -0.4 is 0 Å². The largest absolute Gasteiger partial charge is 0.303 e. The van der Waals surface area contributed by atoms with Crippen molar-refractivity contribution in [3.05, 3.63) is 35.9 Å². The highest BCUT2D eigenvalue weighted by Crippen LogP contribution is 2.00. The molecule has 0 atom stereocenters. The van der Waals surface area contributed by atoms with Gasteiger partial charge in [-0.05, 0) is 5.56 Å². The van der Waals surface area contributed by atoms with Gasteiger partial charge in [-0.1, -0.05) is 30.3 Å². The maximum Gasteiger partial charge on any atom is 0.0646 e. The Morgan fingerprint density at radius 2 is 1.90 bits per heavy atom. The maximum absolute atomic E-state index is 7.35. The topological polar surface area (TPSA) is 23.9 Å². The fourth-order valence-corrected chi connectivity index (χ4v) is 0.871. The molecule has 0 radical (unpaired) electrons. The highest BCUT2D eigenvalue weighted by atomic mass is 35.5. The van der Waals surface area contributed by atoms with E-state index < -0.39 is 0 Å². The van der Waals surface area contributed by atoms with Gasteiger partial charge in [-0.2, -0.15) is 0 Å². The van der Waals surface area contributed by atoms with E-state index in [0.29, 0.717) is 5.71 Å². The van der Waals surface area contributed by atoms with Gasteiger partial charge in [0.1, 0.15) is 0 Å². The second-order valence-electron chi connectivity index (χ2n) is 1.98. The molecule has 0 aliphatic rings. The van der Waals surface area contributed by atoms with Crippen molar-refractivity contribution < 1.29 is 0 Å². The van der Waals surface area contributed by atoms with E-state index in [1.54, 1.807) is 0 Å². The Kier molecular flexibility index (Phi) is 2.46. The number of hydrogen-bond acceptors (Lipinski definition) is 1. The Morgan fingerprint density at radius 3 is 2.40 bits per heavy atom. The summed E-state index contributed by atoms with van der Waals surface area (Å²) in [5.41, 5.74) is 1.37. The molecule has 0 fully saturated rings. The van der Waals surface area contributed by atoms with Crippen LogP contribution in [0, 0.1) is 5.41 Å². The lowest BCUT2D eigenvalue weighted by Crippen LogP contribution is -1.98. The van der Waals surface area contributed by atoms with Crippen LogP contribution in [0.25, 0.3) is 0 Å². The van der Waals surface area contributed by atoms with Crippen LogP contribution in [0.15, 0.2) is 30.3 Å². The molecule has 1 aromatic carbocycles. The van der Waals surface area contributed by atoms with Crippen molar-refractivity contribution in [2.75, 3.05) is 5.88 Å². The molecule has 0 heterocycles. The van der Waals surface area contributed by atoms with E-state index in [9.17, 15) is 0 Å². The summed E-state index contributed by atoms with van der Waals surface area (Å²) in [6, 6.07) is 9.48. The van der Waals surface area contributed by atoms with Gasteiger partial charge in [0, 0.05) is 0 Å². The average Bonchev–Trinajstić information content (AvgIpc) is 2.05. The van der Waals surface area contributed by atoms with Gasteiger partial charge in [0.2, 0.25) is 0 Å². The predicted molar refractivity (Wildman–Crippen MR) is 44.0 cm³/mol. The molecule has 10 heavy (non-hydrogen) atoms. The first kappa shape index (κ1) is 7.29. The number of rotatable bonds is 2. The summed E-state index contributed by atoms with van der Waals surface area (Å²) in [4.78, 5) is 0. The Morgan fingerprint density at radius 1 is 1.30 bits per heavy atom. The summed E-state index contributed by atoms with van der Waals surface area (Å²) in [5.74, 6) is 0.282. The van der Waals surface area contributed by atoms with Crippen LogP contribution in [-0.4, -0.2) is 11.6 Å². The number of alkyl halides is 1. The van der Waals surface area contributed by atoms with Crippen molar-refractivity contribution in [3.63, 3.8) is 0 Å². The van der Waals surface area contributed by atoms with E-state index in [1.807, 2.05) is 30.3 Å². The maximum atomic E-state index is 7.35. The van der Waals surface area contributed by atoms with Crippen molar-refractivity contribution in [3.8, 4) is 0 Å². The molecule has 52 valence electrons. The highest BCUT2D eigenvalue weighted by Gasteiger charge is 1.95. The van der Waals surface area contributed by atoms with Gasteiger partial charge in [0.15, 0.2) is 0 Å². The summed E-state index contributed by atoms with van der Waals surface area (Å²) in [5, 5.41) is 7.35. The minimum Gasteiger partial charge on any atom is -0.303 e. The van der Waals surface area contributed by atoms with E-state index >= 15 is 0 Å². The zero-order valence-corrected chi connectivity index (χ0v) is 6.23. The first-order valence-corrected chi connectivity index (χ1v) is 3.57. The number of halogens is 1. The molecule has 1 aromatic rings. The molecule has 0 saturated carbocycles. The Balaban J connectivity index is 2.85. The SMILES string of the molecule is N=C(CCl)c1ccccc1. The molecule has 0 spiro atoms. The average molecular weight is 154 g/mol. The van der Waals surface area contributed by atoms with E-state index in [0.717, 1.165) is 5.56 Å². The van der Waals surface area contributed by atoms with Crippen LogP contribution in [0.3, 0.4) is 0 Å². The second-order valence-corrected chi connectivity index (χ2v) is 2.25. The van der Waals surface area contributed by atoms with Crippen LogP contribution in [0.2, 0.25) is 0 Å². The van der Waals surface area contributed by atoms with Crippen molar-refractivity contribution in [2.24, 2.45) is 0 Å². The first-order chi connectivity index (χ1) is 4.84. The summed E-state index contributed by atoms with van der Waals surface area (Å²) >= 11 is 5.46. The van der Waals surface area contributed by atoms with E-state index in [-0.39, 0.29) is 5.88 Å². The minimum atomic E-state index is 0.282. The molecule has 1 N–H and O–H groups in total. The highest BCUT2D eigenvalue weighted by molar-refractivity contribution is 6.31. The van der Waals surface area contributed by atoms with Crippen LogP contribution >= 0.6 is 11.6 Å². The van der Waals surface area contributed by atoms with Gasteiger partial charge in [-0.25, -0.2) is 0 Å². The van der Waals surface area contributed by atoms with Gasteiger partial charge in [0.25, 0.3) is 0 Å². The monoisotopic (exact) mass is 153 g/mol. The zero-order chi connectivity index (χ0) is 7.40. The fraction of sp³-hybridized carbons (Fsp3) is 0.125. The lowest BCUT2D eigenvalue weighted by atomic mass is 10.1. The van der Waals surface area contributed by atoms with Crippen LogP contribution in [0.4, 0.5) is 0 Å². The molecule has 2 heteroatoms. The molecule has 0 amide bonds. The van der Waals surface area contributed by atoms with Gasteiger partial charge >= 0.3 is 0 Å². The Bertz CT molecular complexity index is 218. The molecule has 0 saturated heterocycles. The van der Waals surface area contributed by atoms with Crippen molar-refractivity contribution in [1.82, 2.24) is 0 Å². The predicted octanol–water partition coefficient (Wildman–Crippen LogP) is 2.29. The molecular weight excluding hydrogens is 146 g/mol. The lowest BCUT2D eigenvalue weighted by Gasteiger charge is -1.96. The number of benzene rings is 1. The molecule has 0 unspecified atom stereocenters. The van der Waals surface area contributed by atoms with E-state index in [4.69, 9.17) is 17.0 Å². The summed E-state index contributed by atoms with van der Waals surface area (Å²) in [6.07, 6.45) is 0. The summed E-state index contributed by atoms with van der Waals surface area (Å²) < 4.78 is 0. The minimum absolute atomic E-state index is 0.282. The third kappa shape index (κ3) is 1.58. The molecule has 0 aliphatic heterocycles. The molecule has 0 aliphatic carbocycles. The van der Waals surface area contributed by atoms with Crippen molar-refractivity contribution in [2.45, 2.75) is 0 Å². The molecule has 0 bridgehead atoms. The quantitative estimate of drug-likeness (QED) is 0.498. The van der Waals surface area contributed by atoms with E-state index in [2.05, 4.69) is 0 Å².